The van der Waals surface area contributed by atoms with Gasteiger partial charge in [-0.2, -0.15) is 0 Å². The van der Waals surface area contributed by atoms with Gasteiger partial charge in [0.1, 0.15) is 11.8 Å². The van der Waals surface area contributed by atoms with Gasteiger partial charge in [-0.15, -0.1) is 0 Å². The van der Waals surface area contributed by atoms with Crippen LogP contribution in [0.3, 0.4) is 0 Å². The second kappa shape index (κ2) is 10.4. The highest BCUT2D eigenvalue weighted by Crippen LogP contribution is 2.27. The summed E-state index contributed by atoms with van der Waals surface area (Å²) < 4.78 is 5.59. The number of rotatable bonds is 7. The van der Waals surface area contributed by atoms with E-state index < -0.39 is 11.6 Å². The van der Waals surface area contributed by atoms with Crippen molar-refractivity contribution in [2.24, 2.45) is 0 Å². The lowest BCUT2D eigenvalue weighted by atomic mass is 10.1. The third kappa shape index (κ3) is 7.08. The Kier molecular flexibility index (Phi) is 8.42. The van der Waals surface area contributed by atoms with Gasteiger partial charge in [-0.05, 0) is 57.5 Å². The highest BCUT2D eigenvalue weighted by Gasteiger charge is 2.29. The van der Waals surface area contributed by atoms with Crippen LogP contribution in [-0.2, 0) is 16.1 Å². The van der Waals surface area contributed by atoms with Crippen molar-refractivity contribution < 1.29 is 14.3 Å². The van der Waals surface area contributed by atoms with Crippen LogP contribution in [0.2, 0.25) is 15.1 Å². The molecule has 2 aromatic carbocycles. The lowest BCUT2D eigenvalue weighted by Gasteiger charge is -2.31. The second-order valence-electron chi connectivity index (χ2n) is 7.89. The van der Waals surface area contributed by atoms with Crippen LogP contribution in [0.25, 0.3) is 0 Å². The molecule has 0 saturated heterocycles. The van der Waals surface area contributed by atoms with Gasteiger partial charge in [0, 0.05) is 22.1 Å². The van der Waals surface area contributed by atoms with E-state index in [1.165, 1.54) is 11.0 Å². The maximum atomic E-state index is 13.0. The molecule has 0 saturated carbocycles. The summed E-state index contributed by atoms with van der Waals surface area (Å²) >= 11 is 18.3. The molecule has 8 heteroatoms. The van der Waals surface area contributed by atoms with E-state index in [2.05, 4.69) is 5.32 Å². The van der Waals surface area contributed by atoms with E-state index in [0.29, 0.717) is 20.8 Å². The predicted octanol–water partition coefficient (Wildman–Crippen LogP) is 5.36. The van der Waals surface area contributed by atoms with Crippen molar-refractivity contribution >= 4 is 46.6 Å². The number of benzene rings is 2. The molecule has 0 aliphatic heterocycles. The molecule has 162 valence electrons. The molecule has 5 nitrogen and oxygen atoms in total. The number of hydrogen-bond acceptors (Lipinski definition) is 3. The Labute approximate surface area is 192 Å². The standard InChI is InChI=1S/C22H25Cl3N2O3/c1-14(21(29)26-22(2,3)4)27(12-15-7-5-6-8-17(15)24)20(28)13-30-19-10-9-16(23)11-18(19)25/h5-11,14H,12-13H2,1-4H3,(H,26,29)/t14-/m0/s1. The van der Waals surface area contributed by atoms with Crippen LogP contribution >= 0.6 is 34.8 Å². The number of amides is 2. The molecule has 1 atom stereocenters. The van der Waals surface area contributed by atoms with E-state index in [-0.39, 0.29) is 25.0 Å². The number of nitrogens with zero attached hydrogens (tertiary/aromatic N) is 1. The van der Waals surface area contributed by atoms with Gasteiger partial charge in [0.25, 0.3) is 5.91 Å². The van der Waals surface area contributed by atoms with E-state index in [9.17, 15) is 9.59 Å². The van der Waals surface area contributed by atoms with Gasteiger partial charge in [0.05, 0.1) is 5.02 Å². The Morgan fingerprint density at radius 3 is 2.33 bits per heavy atom. The summed E-state index contributed by atoms with van der Waals surface area (Å²) in [6.45, 7) is 7.18. The fraction of sp³-hybridized carbons (Fsp3) is 0.364. The van der Waals surface area contributed by atoms with Crippen molar-refractivity contribution in [1.29, 1.82) is 0 Å². The first-order chi connectivity index (χ1) is 14.0. The van der Waals surface area contributed by atoms with Gasteiger partial charge in [-0.1, -0.05) is 53.0 Å². The first-order valence-electron chi connectivity index (χ1n) is 9.40. The topological polar surface area (TPSA) is 58.6 Å². The molecule has 0 aromatic heterocycles. The monoisotopic (exact) mass is 470 g/mol. The number of nitrogens with one attached hydrogen (secondary N) is 1. The minimum atomic E-state index is -0.739. The SMILES string of the molecule is C[C@@H](C(=O)NC(C)(C)C)N(Cc1ccccc1Cl)C(=O)COc1ccc(Cl)cc1Cl. The minimum Gasteiger partial charge on any atom is -0.482 e. The maximum absolute atomic E-state index is 13.0. The number of halogens is 3. The highest BCUT2D eigenvalue weighted by molar-refractivity contribution is 6.35. The number of carbonyl (C=O) groups is 2. The van der Waals surface area contributed by atoms with Crippen LogP contribution in [0.5, 0.6) is 5.75 Å². The number of carbonyl (C=O) groups excluding carboxylic acids is 2. The predicted molar refractivity (Wildman–Crippen MR) is 121 cm³/mol. The molecule has 0 radical (unpaired) electrons. The van der Waals surface area contributed by atoms with E-state index in [4.69, 9.17) is 39.5 Å². The molecule has 2 aromatic rings. The molecule has 0 unspecified atom stereocenters. The van der Waals surface area contributed by atoms with Crippen LogP contribution in [0, 0.1) is 0 Å². The smallest absolute Gasteiger partial charge is 0.261 e. The first kappa shape index (κ1) is 24.3. The van der Waals surface area contributed by atoms with Gasteiger partial charge in [0.2, 0.25) is 5.91 Å². The van der Waals surface area contributed by atoms with Crippen molar-refractivity contribution in [2.45, 2.75) is 45.8 Å². The molecule has 0 aliphatic rings. The normalized spacial score (nSPS) is 12.2. The zero-order valence-corrected chi connectivity index (χ0v) is 19.6. The largest absolute Gasteiger partial charge is 0.482 e. The summed E-state index contributed by atoms with van der Waals surface area (Å²) in [5.74, 6) is -0.316. The molecule has 1 N–H and O–H groups in total. The van der Waals surface area contributed by atoms with Gasteiger partial charge < -0.3 is 15.0 Å². The van der Waals surface area contributed by atoms with Gasteiger partial charge in [-0.3, -0.25) is 9.59 Å². The third-order valence-electron chi connectivity index (χ3n) is 4.21. The Morgan fingerprint density at radius 2 is 1.73 bits per heavy atom. The minimum absolute atomic E-state index is 0.162. The molecule has 2 amide bonds. The van der Waals surface area contributed by atoms with Gasteiger partial charge in [0.15, 0.2) is 6.61 Å². The van der Waals surface area contributed by atoms with Crippen LogP contribution in [-0.4, -0.2) is 34.9 Å². The Hall–Kier alpha value is -1.95. The maximum Gasteiger partial charge on any atom is 0.261 e. The Bertz CT molecular complexity index is 913. The fourth-order valence-corrected chi connectivity index (χ4v) is 3.34. The van der Waals surface area contributed by atoms with E-state index in [0.717, 1.165) is 5.56 Å². The zero-order valence-electron chi connectivity index (χ0n) is 17.3. The van der Waals surface area contributed by atoms with E-state index in [1.54, 1.807) is 31.2 Å². The molecule has 0 aliphatic carbocycles. The molecular formula is C22H25Cl3N2O3. The van der Waals surface area contributed by atoms with Crippen LogP contribution in [0.1, 0.15) is 33.3 Å². The molecule has 0 fully saturated rings. The first-order valence-corrected chi connectivity index (χ1v) is 10.5. The summed E-state index contributed by atoms with van der Waals surface area (Å²) in [6, 6.07) is 11.2. The average Bonchev–Trinajstić information content (AvgIpc) is 2.64. The third-order valence-corrected chi connectivity index (χ3v) is 5.11. The van der Waals surface area contributed by atoms with Crippen molar-refractivity contribution in [3.05, 3.63) is 63.1 Å². The summed E-state index contributed by atoms with van der Waals surface area (Å²) in [4.78, 5) is 27.2. The summed E-state index contributed by atoms with van der Waals surface area (Å²) in [5, 5.41) is 4.18. The van der Waals surface area contributed by atoms with Crippen LogP contribution < -0.4 is 10.1 Å². The summed E-state index contributed by atoms with van der Waals surface area (Å²) in [7, 11) is 0. The van der Waals surface area contributed by atoms with Crippen LogP contribution in [0.4, 0.5) is 0 Å². The number of ether oxygens (including phenoxy) is 1. The molecule has 0 bridgehead atoms. The van der Waals surface area contributed by atoms with E-state index in [1.807, 2.05) is 32.9 Å². The van der Waals surface area contributed by atoms with Gasteiger partial charge in [-0.25, -0.2) is 0 Å². The molecule has 30 heavy (non-hydrogen) atoms. The number of hydrogen-bond donors (Lipinski definition) is 1. The lowest BCUT2D eigenvalue weighted by molar-refractivity contribution is -0.142. The molecule has 0 heterocycles. The van der Waals surface area contributed by atoms with Crippen molar-refractivity contribution in [2.75, 3.05) is 6.61 Å². The molecule has 2 rings (SSSR count). The van der Waals surface area contributed by atoms with Gasteiger partial charge >= 0.3 is 0 Å². The zero-order chi connectivity index (χ0) is 22.5. The van der Waals surface area contributed by atoms with Crippen LogP contribution in [0.15, 0.2) is 42.5 Å². The van der Waals surface area contributed by atoms with Crippen molar-refractivity contribution in [1.82, 2.24) is 10.2 Å². The van der Waals surface area contributed by atoms with E-state index >= 15 is 0 Å². The highest BCUT2D eigenvalue weighted by atomic mass is 35.5. The second-order valence-corrected chi connectivity index (χ2v) is 9.14. The average molecular weight is 472 g/mol. The Morgan fingerprint density at radius 1 is 1.07 bits per heavy atom. The molecule has 0 spiro atoms. The quantitative estimate of drug-likeness (QED) is 0.591. The molecular weight excluding hydrogens is 447 g/mol. The van der Waals surface area contributed by atoms with Crippen molar-refractivity contribution in [3.8, 4) is 5.75 Å². The lowest BCUT2D eigenvalue weighted by Crippen LogP contribution is -2.53. The summed E-state index contributed by atoms with van der Waals surface area (Å²) in [6.07, 6.45) is 0. The Balaban J connectivity index is 2.21. The fourth-order valence-electron chi connectivity index (χ4n) is 2.68. The summed E-state index contributed by atoms with van der Waals surface area (Å²) in [5.41, 5.74) is 0.296. The van der Waals surface area contributed by atoms with Crippen molar-refractivity contribution in [3.63, 3.8) is 0 Å².